The molecule has 0 radical (unpaired) electrons. The summed E-state index contributed by atoms with van der Waals surface area (Å²) >= 11 is 5.33. The Balaban J connectivity index is 1.79. The van der Waals surface area contributed by atoms with Gasteiger partial charge in [-0.1, -0.05) is 25.1 Å². The molecule has 0 spiro atoms. The van der Waals surface area contributed by atoms with Gasteiger partial charge in [-0.05, 0) is 43.1 Å². The maximum absolute atomic E-state index is 12.8. The first-order valence-corrected chi connectivity index (χ1v) is 10.5. The van der Waals surface area contributed by atoms with Crippen molar-refractivity contribution in [2.75, 3.05) is 27.2 Å². The van der Waals surface area contributed by atoms with Crippen LogP contribution >= 0.6 is 12.2 Å². The summed E-state index contributed by atoms with van der Waals surface area (Å²) in [5.74, 6) is 0.0395. The van der Waals surface area contributed by atoms with E-state index in [1.165, 1.54) is 10.5 Å². The lowest BCUT2D eigenvalue weighted by molar-refractivity contribution is -0.130. The summed E-state index contributed by atoms with van der Waals surface area (Å²) in [6, 6.07) is 6.19. The molecule has 0 unspecified atom stereocenters. The zero-order chi connectivity index (χ0) is 20.7. The maximum Gasteiger partial charge on any atom is 0.276 e. The van der Waals surface area contributed by atoms with Crippen molar-refractivity contribution in [1.29, 1.82) is 0 Å². The molecular formula is C22H26N4O2S. The fourth-order valence-corrected chi connectivity index (χ4v) is 4.42. The van der Waals surface area contributed by atoms with Gasteiger partial charge in [-0.25, -0.2) is 0 Å². The molecule has 29 heavy (non-hydrogen) atoms. The number of likely N-dealkylation sites (N-methyl/N-ethyl adjacent to an activating group) is 2. The minimum atomic E-state index is -0.113. The van der Waals surface area contributed by atoms with E-state index in [0.717, 1.165) is 48.8 Å². The second kappa shape index (κ2) is 7.63. The number of benzene rings is 1. The van der Waals surface area contributed by atoms with Gasteiger partial charge in [0.25, 0.3) is 5.91 Å². The highest BCUT2D eigenvalue weighted by molar-refractivity contribution is 7.80. The Morgan fingerprint density at radius 1 is 1.17 bits per heavy atom. The van der Waals surface area contributed by atoms with E-state index < -0.39 is 0 Å². The molecule has 1 aromatic carbocycles. The standard InChI is InChI=1S/C22H26N4O2S/c1-4-15-8-7-9-17-16(12-18-21(28)24(3)22(29)23(18)2)13-26(20(15)17)14-19(27)25-10-5-6-11-25/h7-9,12-13H,4-6,10-11,14H2,1-3H3/b18-12-. The Hall–Kier alpha value is -2.67. The third kappa shape index (κ3) is 3.33. The monoisotopic (exact) mass is 410 g/mol. The van der Waals surface area contributed by atoms with Gasteiger partial charge >= 0.3 is 0 Å². The second-order valence-corrected chi connectivity index (χ2v) is 8.07. The molecule has 6 nitrogen and oxygen atoms in total. The molecule has 152 valence electrons. The van der Waals surface area contributed by atoms with Crippen LogP contribution in [0.5, 0.6) is 0 Å². The van der Waals surface area contributed by atoms with Crippen molar-refractivity contribution in [2.24, 2.45) is 0 Å². The summed E-state index contributed by atoms with van der Waals surface area (Å²) in [6.07, 6.45) is 6.92. The third-order valence-corrected chi connectivity index (χ3v) is 6.46. The maximum atomic E-state index is 12.8. The Labute approximate surface area is 176 Å². The van der Waals surface area contributed by atoms with Crippen molar-refractivity contribution in [2.45, 2.75) is 32.7 Å². The number of rotatable bonds is 4. The van der Waals surface area contributed by atoms with Crippen molar-refractivity contribution in [1.82, 2.24) is 19.3 Å². The molecule has 2 fully saturated rings. The molecule has 0 atom stereocenters. The van der Waals surface area contributed by atoms with E-state index >= 15 is 0 Å². The number of likely N-dealkylation sites (tertiary alicyclic amines) is 1. The van der Waals surface area contributed by atoms with E-state index in [-0.39, 0.29) is 11.8 Å². The van der Waals surface area contributed by atoms with E-state index in [4.69, 9.17) is 12.2 Å². The van der Waals surface area contributed by atoms with Crippen LogP contribution in [0.15, 0.2) is 30.1 Å². The number of aryl methyl sites for hydroxylation is 1. The molecule has 0 bridgehead atoms. The number of fused-ring (bicyclic) bond motifs is 1. The Bertz CT molecular complexity index is 1030. The molecule has 2 aromatic rings. The summed E-state index contributed by atoms with van der Waals surface area (Å²) < 4.78 is 2.04. The van der Waals surface area contributed by atoms with Gasteiger partial charge in [-0.2, -0.15) is 0 Å². The van der Waals surface area contributed by atoms with Gasteiger partial charge in [0, 0.05) is 44.3 Å². The largest absolute Gasteiger partial charge is 0.341 e. The normalized spacial score (nSPS) is 18.7. The van der Waals surface area contributed by atoms with Crippen LogP contribution in [-0.2, 0) is 22.6 Å². The molecule has 4 rings (SSSR count). The number of amides is 2. The van der Waals surface area contributed by atoms with Crippen LogP contribution < -0.4 is 0 Å². The Morgan fingerprint density at radius 2 is 1.90 bits per heavy atom. The lowest BCUT2D eigenvalue weighted by Gasteiger charge is -2.16. The number of aromatic nitrogens is 1. The van der Waals surface area contributed by atoms with E-state index in [2.05, 4.69) is 19.1 Å². The van der Waals surface area contributed by atoms with E-state index in [9.17, 15) is 9.59 Å². The van der Waals surface area contributed by atoms with Gasteiger partial charge in [-0.15, -0.1) is 0 Å². The van der Waals surface area contributed by atoms with Crippen molar-refractivity contribution in [3.05, 3.63) is 41.2 Å². The molecule has 2 aliphatic heterocycles. The van der Waals surface area contributed by atoms with Gasteiger partial charge in [0.05, 0.1) is 5.52 Å². The number of para-hydroxylation sites is 1. The fourth-order valence-electron chi connectivity index (χ4n) is 4.24. The highest BCUT2D eigenvalue weighted by Crippen LogP contribution is 2.29. The average molecular weight is 411 g/mol. The van der Waals surface area contributed by atoms with E-state index in [0.29, 0.717) is 17.4 Å². The van der Waals surface area contributed by atoms with Crippen LogP contribution in [0.25, 0.3) is 17.0 Å². The van der Waals surface area contributed by atoms with Crippen LogP contribution in [0.2, 0.25) is 0 Å². The van der Waals surface area contributed by atoms with Crippen molar-refractivity contribution >= 4 is 46.1 Å². The van der Waals surface area contributed by atoms with Gasteiger partial charge in [0.15, 0.2) is 5.11 Å². The quantitative estimate of drug-likeness (QED) is 0.575. The van der Waals surface area contributed by atoms with Gasteiger partial charge in [0.2, 0.25) is 5.91 Å². The van der Waals surface area contributed by atoms with Crippen molar-refractivity contribution in [3.63, 3.8) is 0 Å². The Morgan fingerprint density at radius 3 is 2.52 bits per heavy atom. The highest BCUT2D eigenvalue weighted by atomic mass is 32.1. The first-order chi connectivity index (χ1) is 13.9. The topological polar surface area (TPSA) is 48.8 Å². The fraction of sp³-hybridized carbons (Fsp3) is 0.409. The predicted molar refractivity (Wildman–Crippen MR) is 118 cm³/mol. The minimum absolute atomic E-state index is 0.113. The third-order valence-electron chi connectivity index (χ3n) is 5.91. The van der Waals surface area contributed by atoms with Gasteiger partial charge < -0.3 is 14.4 Å². The summed E-state index contributed by atoms with van der Waals surface area (Å²) in [5.41, 5.74) is 3.74. The molecule has 0 aliphatic carbocycles. The van der Waals surface area contributed by atoms with Crippen LogP contribution in [0.1, 0.15) is 30.9 Å². The SMILES string of the molecule is CCc1cccc2c(/C=C3/C(=O)N(C)C(=S)N3C)cn(CC(=O)N3CCCC3)c12. The lowest BCUT2D eigenvalue weighted by atomic mass is 10.1. The smallest absolute Gasteiger partial charge is 0.276 e. The van der Waals surface area contributed by atoms with Crippen molar-refractivity contribution < 1.29 is 9.59 Å². The lowest BCUT2D eigenvalue weighted by Crippen LogP contribution is -2.30. The number of hydrogen-bond acceptors (Lipinski definition) is 3. The van der Waals surface area contributed by atoms with E-state index in [1.54, 1.807) is 11.9 Å². The first-order valence-electron chi connectivity index (χ1n) is 10.1. The van der Waals surface area contributed by atoms with Gasteiger partial charge in [-0.3, -0.25) is 14.5 Å². The number of hydrogen-bond donors (Lipinski definition) is 0. The van der Waals surface area contributed by atoms with Crippen LogP contribution in [0, 0.1) is 0 Å². The number of carbonyl (C=O) groups excluding carboxylic acids is 2. The van der Waals surface area contributed by atoms with Crippen LogP contribution in [0.4, 0.5) is 0 Å². The van der Waals surface area contributed by atoms with Gasteiger partial charge in [0.1, 0.15) is 12.2 Å². The predicted octanol–water partition coefficient (Wildman–Crippen LogP) is 2.86. The number of nitrogens with zero attached hydrogens (tertiary/aromatic N) is 4. The molecule has 1 aromatic heterocycles. The number of carbonyl (C=O) groups is 2. The zero-order valence-corrected chi connectivity index (χ0v) is 18.0. The molecule has 0 N–H and O–H groups in total. The molecule has 0 saturated carbocycles. The zero-order valence-electron chi connectivity index (χ0n) is 17.1. The Kier molecular flexibility index (Phi) is 5.17. The molecule has 3 heterocycles. The summed E-state index contributed by atoms with van der Waals surface area (Å²) in [7, 11) is 3.50. The number of thiocarbonyl (C=S) groups is 1. The molecule has 2 saturated heterocycles. The molecule has 7 heteroatoms. The average Bonchev–Trinajstić information content (AvgIpc) is 3.42. The van der Waals surface area contributed by atoms with Crippen LogP contribution in [-0.4, -0.2) is 63.4 Å². The van der Waals surface area contributed by atoms with Crippen LogP contribution in [0.3, 0.4) is 0 Å². The van der Waals surface area contributed by atoms with E-state index in [1.807, 2.05) is 34.9 Å². The molecule has 2 amide bonds. The molecule has 2 aliphatic rings. The highest BCUT2D eigenvalue weighted by Gasteiger charge is 2.33. The molecular weight excluding hydrogens is 384 g/mol. The summed E-state index contributed by atoms with van der Waals surface area (Å²) in [6.45, 7) is 4.13. The first kappa shape index (κ1) is 19.6. The minimum Gasteiger partial charge on any atom is -0.341 e. The van der Waals surface area contributed by atoms with Crippen molar-refractivity contribution in [3.8, 4) is 0 Å². The summed E-state index contributed by atoms with van der Waals surface area (Å²) in [5, 5.41) is 1.54. The summed E-state index contributed by atoms with van der Waals surface area (Å²) in [4.78, 5) is 30.6. The second-order valence-electron chi connectivity index (χ2n) is 7.70.